The van der Waals surface area contributed by atoms with Gasteiger partial charge in [0.1, 0.15) is 0 Å². The highest BCUT2D eigenvalue weighted by Gasteiger charge is 2.32. The number of carbonyl (C=O) groups excluding carboxylic acids is 1. The van der Waals surface area contributed by atoms with Crippen molar-refractivity contribution in [1.82, 2.24) is 0 Å². The van der Waals surface area contributed by atoms with E-state index in [1.807, 2.05) is 6.92 Å². The van der Waals surface area contributed by atoms with Crippen molar-refractivity contribution in [3.05, 3.63) is 29.3 Å². The zero-order valence-corrected chi connectivity index (χ0v) is 12.3. The van der Waals surface area contributed by atoms with Crippen LogP contribution in [0.4, 0.5) is 18.9 Å². The number of amides is 1. The molecule has 21 heavy (non-hydrogen) atoms. The van der Waals surface area contributed by atoms with E-state index >= 15 is 0 Å². The summed E-state index contributed by atoms with van der Waals surface area (Å²) in [5.41, 5.74) is 5.01. The maximum atomic E-state index is 12.8. The Bertz CT molecular complexity index is 486. The van der Waals surface area contributed by atoms with E-state index in [4.69, 9.17) is 5.73 Å². The molecule has 3 nitrogen and oxygen atoms in total. The molecule has 1 amide bonds. The van der Waals surface area contributed by atoms with Gasteiger partial charge in [0.25, 0.3) is 0 Å². The van der Waals surface area contributed by atoms with Gasteiger partial charge in [-0.3, -0.25) is 4.79 Å². The van der Waals surface area contributed by atoms with Gasteiger partial charge in [-0.25, -0.2) is 0 Å². The number of rotatable bonds is 6. The Morgan fingerprint density at radius 1 is 1.33 bits per heavy atom. The Morgan fingerprint density at radius 3 is 2.57 bits per heavy atom. The minimum atomic E-state index is -4.42. The first-order chi connectivity index (χ1) is 9.74. The molecule has 1 aromatic carbocycles. The SMILES string of the molecule is Cc1ccc(NC(=O)CCC(C)CCN)cc1C(F)(F)F. The summed E-state index contributed by atoms with van der Waals surface area (Å²) >= 11 is 0. The quantitative estimate of drug-likeness (QED) is 0.841. The molecule has 1 rings (SSSR count). The molecule has 0 saturated carbocycles. The second kappa shape index (κ2) is 7.45. The van der Waals surface area contributed by atoms with E-state index in [1.54, 1.807) is 0 Å². The Labute approximate surface area is 122 Å². The molecule has 0 aromatic heterocycles. The van der Waals surface area contributed by atoms with Gasteiger partial charge >= 0.3 is 6.18 Å². The largest absolute Gasteiger partial charge is 0.416 e. The predicted octanol–water partition coefficient (Wildman–Crippen LogP) is 3.72. The van der Waals surface area contributed by atoms with Crippen molar-refractivity contribution < 1.29 is 18.0 Å². The molecule has 0 heterocycles. The van der Waals surface area contributed by atoms with Crippen molar-refractivity contribution >= 4 is 11.6 Å². The lowest BCUT2D eigenvalue weighted by molar-refractivity contribution is -0.138. The van der Waals surface area contributed by atoms with Crippen molar-refractivity contribution in [3.8, 4) is 0 Å². The first kappa shape index (κ1) is 17.5. The standard InChI is InChI=1S/C15H21F3N2O/c1-10(7-8-19)3-6-14(21)20-12-5-4-11(2)13(9-12)15(16,17)18/h4-5,9-10H,3,6-8,19H2,1-2H3,(H,20,21). The number of benzene rings is 1. The summed E-state index contributed by atoms with van der Waals surface area (Å²) in [7, 11) is 0. The van der Waals surface area contributed by atoms with Crippen LogP contribution in [0.25, 0.3) is 0 Å². The molecule has 0 aliphatic rings. The first-order valence-electron chi connectivity index (χ1n) is 6.91. The second-order valence-corrected chi connectivity index (χ2v) is 5.30. The normalized spacial score (nSPS) is 13.0. The Kier molecular flexibility index (Phi) is 6.20. The van der Waals surface area contributed by atoms with Crippen LogP contribution in [0.1, 0.15) is 37.3 Å². The average Bonchev–Trinajstić information content (AvgIpc) is 2.38. The number of aryl methyl sites for hydroxylation is 1. The highest BCUT2D eigenvalue weighted by atomic mass is 19.4. The molecule has 6 heteroatoms. The van der Waals surface area contributed by atoms with Gasteiger partial charge in [0, 0.05) is 12.1 Å². The Balaban J connectivity index is 2.65. The lowest BCUT2D eigenvalue weighted by Gasteiger charge is -2.13. The molecule has 0 radical (unpaired) electrons. The van der Waals surface area contributed by atoms with Gasteiger partial charge in [0.05, 0.1) is 5.56 Å². The number of hydrogen-bond donors (Lipinski definition) is 2. The highest BCUT2D eigenvalue weighted by molar-refractivity contribution is 5.90. The molecule has 0 bridgehead atoms. The molecule has 0 aliphatic carbocycles. The third-order valence-electron chi connectivity index (χ3n) is 3.35. The van der Waals surface area contributed by atoms with Gasteiger partial charge in [-0.05, 0) is 49.9 Å². The number of halogens is 3. The van der Waals surface area contributed by atoms with Gasteiger partial charge in [-0.1, -0.05) is 13.0 Å². The molecule has 0 saturated heterocycles. The monoisotopic (exact) mass is 302 g/mol. The fourth-order valence-electron chi connectivity index (χ4n) is 2.03. The zero-order valence-electron chi connectivity index (χ0n) is 12.3. The van der Waals surface area contributed by atoms with Crippen LogP contribution in [0.15, 0.2) is 18.2 Å². The van der Waals surface area contributed by atoms with Crippen LogP contribution in [0.2, 0.25) is 0 Å². The van der Waals surface area contributed by atoms with Crippen LogP contribution in [0, 0.1) is 12.8 Å². The van der Waals surface area contributed by atoms with Crippen LogP contribution in [0.5, 0.6) is 0 Å². The topological polar surface area (TPSA) is 55.1 Å². The molecule has 1 aromatic rings. The van der Waals surface area contributed by atoms with Gasteiger partial charge in [0.15, 0.2) is 0 Å². The number of alkyl halides is 3. The molecule has 1 atom stereocenters. The van der Waals surface area contributed by atoms with Crippen LogP contribution in [-0.4, -0.2) is 12.5 Å². The van der Waals surface area contributed by atoms with Crippen molar-refractivity contribution in [2.75, 3.05) is 11.9 Å². The molecule has 3 N–H and O–H groups in total. The van der Waals surface area contributed by atoms with Crippen molar-refractivity contribution in [3.63, 3.8) is 0 Å². The Morgan fingerprint density at radius 2 is 2.00 bits per heavy atom. The third kappa shape index (κ3) is 5.75. The first-order valence-corrected chi connectivity index (χ1v) is 6.91. The summed E-state index contributed by atoms with van der Waals surface area (Å²) in [6.07, 6.45) is -2.64. The van der Waals surface area contributed by atoms with Crippen LogP contribution in [-0.2, 0) is 11.0 Å². The smallest absolute Gasteiger partial charge is 0.330 e. The Hall–Kier alpha value is -1.56. The summed E-state index contributed by atoms with van der Waals surface area (Å²) in [6, 6.07) is 3.80. The van der Waals surface area contributed by atoms with E-state index in [0.717, 1.165) is 12.5 Å². The van der Waals surface area contributed by atoms with Crippen LogP contribution >= 0.6 is 0 Å². The number of nitrogens with two attached hydrogens (primary N) is 1. The minimum Gasteiger partial charge on any atom is -0.330 e. The molecule has 1 unspecified atom stereocenters. The molecule has 0 aliphatic heterocycles. The van der Waals surface area contributed by atoms with E-state index in [0.29, 0.717) is 18.9 Å². The summed E-state index contributed by atoms with van der Waals surface area (Å²) in [4.78, 5) is 11.7. The maximum absolute atomic E-state index is 12.8. The fourth-order valence-corrected chi connectivity index (χ4v) is 2.03. The van der Waals surface area contributed by atoms with Crippen LogP contribution in [0.3, 0.4) is 0 Å². The molecule has 0 spiro atoms. The van der Waals surface area contributed by atoms with Gasteiger partial charge in [-0.2, -0.15) is 13.2 Å². The van der Waals surface area contributed by atoms with Crippen molar-refractivity contribution in [1.29, 1.82) is 0 Å². The van der Waals surface area contributed by atoms with Gasteiger partial charge in [-0.15, -0.1) is 0 Å². The lowest BCUT2D eigenvalue weighted by atomic mass is 10.0. The van der Waals surface area contributed by atoms with Gasteiger partial charge in [0.2, 0.25) is 5.91 Å². The molecule has 118 valence electrons. The van der Waals surface area contributed by atoms with E-state index in [-0.39, 0.29) is 23.6 Å². The second-order valence-electron chi connectivity index (χ2n) is 5.30. The predicted molar refractivity (Wildman–Crippen MR) is 76.9 cm³/mol. The number of anilines is 1. The maximum Gasteiger partial charge on any atom is 0.416 e. The average molecular weight is 302 g/mol. The fraction of sp³-hybridized carbons (Fsp3) is 0.533. The molecular weight excluding hydrogens is 281 g/mol. The zero-order chi connectivity index (χ0) is 16.0. The summed E-state index contributed by atoms with van der Waals surface area (Å²) in [5, 5.41) is 2.51. The number of carbonyl (C=O) groups is 1. The summed E-state index contributed by atoms with van der Waals surface area (Å²) in [6.45, 7) is 3.95. The minimum absolute atomic E-state index is 0.136. The van der Waals surface area contributed by atoms with E-state index in [2.05, 4.69) is 5.32 Å². The van der Waals surface area contributed by atoms with E-state index in [9.17, 15) is 18.0 Å². The summed E-state index contributed by atoms with van der Waals surface area (Å²) < 4.78 is 38.3. The van der Waals surface area contributed by atoms with Crippen molar-refractivity contribution in [2.45, 2.75) is 39.3 Å². The lowest BCUT2D eigenvalue weighted by Crippen LogP contribution is -2.15. The molecular formula is C15H21F3N2O. The third-order valence-corrected chi connectivity index (χ3v) is 3.35. The summed E-state index contributed by atoms with van der Waals surface area (Å²) in [5.74, 6) is 0.0420. The highest BCUT2D eigenvalue weighted by Crippen LogP contribution is 2.33. The van der Waals surface area contributed by atoms with Gasteiger partial charge < -0.3 is 11.1 Å². The van der Waals surface area contributed by atoms with E-state index in [1.165, 1.54) is 19.1 Å². The van der Waals surface area contributed by atoms with E-state index < -0.39 is 11.7 Å². The van der Waals surface area contributed by atoms with Crippen LogP contribution < -0.4 is 11.1 Å². The number of nitrogens with one attached hydrogen (secondary N) is 1. The van der Waals surface area contributed by atoms with Crippen molar-refractivity contribution in [2.24, 2.45) is 11.7 Å². The number of hydrogen-bond acceptors (Lipinski definition) is 2. The molecule has 0 fully saturated rings.